The zero-order chi connectivity index (χ0) is 23.9. The minimum atomic E-state index is -1.43. The lowest BCUT2D eigenvalue weighted by atomic mass is 9.81. The first-order valence-corrected chi connectivity index (χ1v) is 10.9. The van der Waals surface area contributed by atoms with E-state index in [1.54, 1.807) is 0 Å². The molecule has 33 heavy (non-hydrogen) atoms. The van der Waals surface area contributed by atoms with Crippen LogP contribution in [0.4, 0.5) is 4.39 Å². The van der Waals surface area contributed by atoms with Crippen molar-refractivity contribution in [1.29, 1.82) is 0 Å². The first-order valence-electron chi connectivity index (χ1n) is 10.5. The van der Waals surface area contributed by atoms with Crippen molar-refractivity contribution >= 4 is 41.1 Å². The van der Waals surface area contributed by atoms with Crippen LogP contribution in [0.15, 0.2) is 29.5 Å². The fourth-order valence-corrected chi connectivity index (χ4v) is 4.72. The number of benzene rings is 1. The third-order valence-corrected chi connectivity index (χ3v) is 6.37. The number of hydrogen-bond donors (Lipinski definition) is 1. The topological polar surface area (TPSA) is 115 Å². The summed E-state index contributed by atoms with van der Waals surface area (Å²) in [5.74, 6) is -6.35. The van der Waals surface area contributed by atoms with E-state index in [1.807, 2.05) is 0 Å². The molecule has 9 nitrogen and oxygen atoms in total. The summed E-state index contributed by atoms with van der Waals surface area (Å²) in [6.45, 7) is 0.0390. The molecule has 1 aromatic rings. The highest BCUT2D eigenvalue weighted by molar-refractivity contribution is 6.43. The van der Waals surface area contributed by atoms with Crippen molar-refractivity contribution in [3.05, 3.63) is 45.9 Å². The Morgan fingerprint density at radius 1 is 1.06 bits per heavy atom. The molecule has 0 radical (unpaired) electrons. The molecule has 1 atom stereocenters. The summed E-state index contributed by atoms with van der Waals surface area (Å²) in [5.41, 5.74) is 0.750. The van der Waals surface area contributed by atoms with Gasteiger partial charge in [0, 0.05) is 26.2 Å². The molecular formula is C22H21ClFN3O6. The molecule has 0 bridgehead atoms. The lowest BCUT2D eigenvalue weighted by molar-refractivity contribution is -0.154. The Hall–Kier alpha value is -3.27. The van der Waals surface area contributed by atoms with Crippen molar-refractivity contribution in [3.8, 4) is 0 Å². The minimum absolute atomic E-state index is 0.0524. The Morgan fingerprint density at radius 3 is 2.48 bits per heavy atom. The van der Waals surface area contributed by atoms with E-state index in [4.69, 9.17) is 11.6 Å². The van der Waals surface area contributed by atoms with Gasteiger partial charge in [0.1, 0.15) is 24.0 Å². The molecule has 0 spiro atoms. The van der Waals surface area contributed by atoms with Crippen molar-refractivity contribution in [1.82, 2.24) is 14.7 Å². The fraction of sp³-hybridized carbons (Fsp3) is 0.409. The Labute approximate surface area is 193 Å². The van der Waals surface area contributed by atoms with Crippen LogP contribution in [0, 0.1) is 11.7 Å². The summed E-state index contributed by atoms with van der Waals surface area (Å²) in [4.78, 5) is 67.1. The van der Waals surface area contributed by atoms with Crippen LogP contribution in [0.1, 0.15) is 24.8 Å². The van der Waals surface area contributed by atoms with Crippen molar-refractivity contribution in [2.45, 2.75) is 25.8 Å². The maximum atomic E-state index is 13.5. The number of carboxylic acid groups (broad SMARTS) is 1. The van der Waals surface area contributed by atoms with Gasteiger partial charge in [-0.25, -0.2) is 4.39 Å². The Balaban J connectivity index is 1.69. The highest BCUT2D eigenvalue weighted by Gasteiger charge is 2.50. The number of likely N-dealkylation sites (tertiary alicyclic amines) is 1. The van der Waals surface area contributed by atoms with Gasteiger partial charge < -0.3 is 19.8 Å². The molecule has 0 aromatic heterocycles. The summed E-state index contributed by atoms with van der Waals surface area (Å²) in [5, 5.41) is 9.08. The summed E-state index contributed by atoms with van der Waals surface area (Å²) in [6, 6.07) is 4.03. The van der Waals surface area contributed by atoms with Gasteiger partial charge in [0.05, 0.1) is 5.02 Å². The van der Waals surface area contributed by atoms with Crippen LogP contribution >= 0.6 is 11.6 Å². The second kappa shape index (κ2) is 8.93. The standard InChI is InChI=1S/C22H21ClFN3O6/c23-14-9-12(3-4-15(14)24)10-26-8-5-13-17(20(26)31)19(30)22(33)27-7-2-1-6-25(11-16(28)29)21(32)18(13)27/h3-4,9,17H,1-2,5-8,10-11H2,(H,28,29). The van der Waals surface area contributed by atoms with E-state index in [-0.39, 0.29) is 48.9 Å². The summed E-state index contributed by atoms with van der Waals surface area (Å²) in [7, 11) is 0. The molecule has 0 saturated carbocycles. The lowest BCUT2D eigenvalue weighted by Gasteiger charge is -2.41. The van der Waals surface area contributed by atoms with Crippen LogP contribution in [0.5, 0.6) is 0 Å². The number of carboxylic acids is 1. The average Bonchev–Trinajstić information content (AvgIpc) is 2.76. The molecule has 4 rings (SSSR count). The second-order valence-corrected chi connectivity index (χ2v) is 8.62. The summed E-state index contributed by atoms with van der Waals surface area (Å²) in [6.07, 6.45) is 1.13. The average molecular weight is 478 g/mol. The molecule has 3 heterocycles. The van der Waals surface area contributed by atoms with Gasteiger partial charge in [-0.15, -0.1) is 0 Å². The van der Waals surface area contributed by atoms with E-state index in [2.05, 4.69) is 0 Å². The fourth-order valence-electron chi connectivity index (χ4n) is 4.52. The molecule has 2 fully saturated rings. The molecule has 0 aliphatic carbocycles. The number of halogens is 2. The number of ketones is 1. The van der Waals surface area contributed by atoms with Crippen LogP contribution < -0.4 is 0 Å². The van der Waals surface area contributed by atoms with E-state index in [0.717, 1.165) is 9.80 Å². The number of carbonyl (C=O) groups is 5. The largest absolute Gasteiger partial charge is 0.480 e. The number of fused-ring (bicyclic) bond motifs is 2. The number of hydrogen-bond acceptors (Lipinski definition) is 5. The van der Waals surface area contributed by atoms with Gasteiger partial charge in [-0.3, -0.25) is 24.0 Å². The van der Waals surface area contributed by atoms with E-state index in [0.29, 0.717) is 18.4 Å². The molecule has 11 heteroatoms. The monoisotopic (exact) mass is 477 g/mol. The first kappa shape index (κ1) is 22.9. The van der Waals surface area contributed by atoms with Gasteiger partial charge >= 0.3 is 5.97 Å². The van der Waals surface area contributed by atoms with Gasteiger partial charge in [0.15, 0.2) is 0 Å². The van der Waals surface area contributed by atoms with Gasteiger partial charge in [0.2, 0.25) is 11.7 Å². The number of nitrogens with zero attached hydrogens (tertiary/aromatic N) is 3. The summed E-state index contributed by atoms with van der Waals surface area (Å²) >= 11 is 5.82. The number of Topliss-reactive ketones (excluding diaryl/α,β-unsaturated/α-hetero) is 1. The minimum Gasteiger partial charge on any atom is -0.480 e. The zero-order valence-electron chi connectivity index (χ0n) is 17.6. The normalized spacial score (nSPS) is 21.6. The highest BCUT2D eigenvalue weighted by atomic mass is 35.5. The predicted octanol–water partition coefficient (Wildman–Crippen LogP) is 1.20. The molecule has 2 saturated heterocycles. The SMILES string of the molecule is O=C(O)CN1CCCCN2C(=O)C(=O)C3C(=O)N(Cc4ccc(F)c(Cl)c4)CCC3=C2C1=O. The first-order chi connectivity index (χ1) is 15.7. The molecule has 1 aromatic carbocycles. The Bertz CT molecular complexity index is 1100. The van der Waals surface area contributed by atoms with Crippen LogP contribution in [0.3, 0.4) is 0 Å². The summed E-state index contributed by atoms with van der Waals surface area (Å²) < 4.78 is 13.5. The lowest BCUT2D eigenvalue weighted by Crippen LogP contribution is -2.57. The van der Waals surface area contributed by atoms with Crippen LogP contribution in [-0.2, 0) is 30.5 Å². The van der Waals surface area contributed by atoms with E-state index < -0.39 is 47.8 Å². The van der Waals surface area contributed by atoms with Crippen molar-refractivity contribution in [3.63, 3.8) is 0 Å². The van der Waals surface area contributed by atoms with Crippen molar-refractivity contribution in [2.75, 3.05) is 26.2 Å². The molecule has 3 amide bonds. The Morgan fingerprint density at radius 2 is 1.79 bits per heavy atom. The predicted molar refractivity (Wildman–Crippen MR) is 112 cm³/mol. The molecule has 1 N–H and O–H groups in total. The van der Waals surface area contributed by atoms with Crippen molar-refractivity contribution in [2.24, 2.45) is 5.92 Å². The van der Waals surface area contributed by atoms with E-state index >= 15 is 0 Å². The highest BCUT2D eigenvalue weighted by Crippen LogP contribution is 2.36. The molecule has 174 valence electrons. The van der Waals surface area contributed by atoms with E-state index in [9.17, 15) is 33.5 Å². The molecule has 3 aliphatic rings. The number of carbonyl (C=O) groups excluding carboxylic acids is 4. The zero-order valence-corrected chi connectivity index (χ0v) is 18.3. The molecular weight excluding hydrogens is 457 g/mol. The number of aliphatic carboxylic acids is 1. The van der Waals surface area contributed by atoms with Crippen molar-refractivity contribution < 1.29 is 33.5 Å². The van der Waals surface area contributed by atoms with Gasteiger partial charge in [0.25, 0.3) is 11.8 Å². The maximum Gasteiger partial charge on any atom is 0.323 e. The maximum absolute atomic E-state index is 13.5. The third-order valence-electron chi connectivity index (χ3n) is 6.08. The van der Waals surface area contributed by atoms with Crippen LogP contribution in [0.25, 0.3) is 0 Å². The van der Waals surface area contributed by atoms with Crippen LogP contribution in [0.2, 0.25) is 5.02 Å². The van der Waals surface area contributed by atoms with Crippen LogP contribution in [-0.4, -0.2) is 75.5 Å². The Kier molecular flexibility index (Phi) is 6.20. The van der Waals surface area contributed by atoms with Gasteiger partial charge in [-0.05, 0) is 42.5 Å². The van der Waals surface area contributed by atoms with E-state index in [1.165, 1.54) is 23.1 Å². The number of amides is 3. The van der Waals surface area contributed by atoms with Gasteiger partial charge in [-0.2, -0.15) is 0 Å². The van der Waals surface area contributed by atoms with Gasteiger partial charge in [-0.1, -0.05) is 17.7 Å². The number of piperidine rings is 1. The second-order valence-electron chi connectivity index (χ2n) is 8.21. The quantitative estimate of drug-likeness (QED) is 0.514. The molecule has 1 unspecified atom stereocenters. The third kappa shape index (κ3) is 4.22. The number of rotatable bonds is 4. The smallest absolute Gasteiger partial charge is 0.323 e. The molecule has 3 aliphatic heterocycles.